The molecule has 16 heavy (non-hydrogen) atoms. The number of aryl methyl sites for hydroxylation is 1. The maximum atomic E-state index is 11.3. The summed E-state index contributed by atoms with van der Waals surface area (Å²) < 4.78 is 0.876. The summed E-state index contributed by atoms with van der Waals surface area (Å²) in [4.78, 5) is 11.3. The van der Waals surface area contributed by atoms with Crippen molar-refractivity contribution in [2.75, 3.05) is 0 Å². The van der Waals surface area contributed by atoms with Gasteiger partial charge in [-0.25, -0.2) is 0 Å². The van der Waals surface area contributed by atoms with Crippen LogP contribution in [0.1, 0.15) is 27.2 Å². The minimum Gasteiger partial charge on any atom is -0.480 e. The van der Waals surface area contributed by atoms with Crippen LogP contribution in [0, 0.1) is 5.92 Å². The molecular weight excluding hydrogens is 226 g/mol. The minimum absolute atomic E-state index is 0.321. The van der Waals surface area contributed by atoms with Crippen molar-refractivity contribution in [2.24, 2.45) is 13.0 Å². The Hall–Kier alpha value is -1.04. The number of carbonyl (C=O) groups is 1. The van der Waals surface area contributed by atoms with Crippen molar-refractivity contribution in [2.45, 2.75) is 37.1 Å². The highest BCUT2D eigenvalue weighted by molar-refractivity contribution is 8.01. The molecule has 0 saturated carbocycles. The van der Waals surface area contributed by atoms with Gasteiger partial charge in [-0.2, -0.15) is 0 Å². The van der Waals surface area contributed by atoms with Crippen molar-refractivity contribution < 1.29 is 9.90 Å². The zero-order valence-electron chi connectivity index (χ0n) is 9.97. The average molecular weight is 243 g/mol. The van der Waals surface area contributed by atoms with Crippen LogP contribution in [0.4, 0.5) is 0 Å². The molecule has 0 fully saturated rings. The molecule has 0 bridgehead atoms. The van der Waals surface area contributed by atoms with Gasteiger partial charge in [0.15, 0.2) is 5.16 Å². The molecule has 1 aromatic rings. The zero-order chi connectivity index (χ0) is 12.3. The van der Waals surface area contributed by atoms with Gasteiger partial charge in [0.05, 0.1) is 0 Å². The normalized spacial score (nSPS) is 15.1. The second-order valence-electron chi connectivity index (χ2n) is 4.46. The van der Waals surface area contributed by atoms with Crippen LogP contribution in [-0.2, 0) is 11.8 Å². The van der Waals surface area contributed by atoms with E-state index in [-0.39, 0.29) is 0 Å². The van der Waals surface area contributed by atoms with E-state index in [1.807, 2.05) is 13.8 Å². The van der Waals surface area contributed by atoms with Gasteiger partial charge in [0.1, 0.15) is 11.1 Å². The molecule has 1 atom stereocenters. The Morgan fingerprint density at radius 3 is 2.69 bits per heavy atom. The topological polar surface area (TPSA) is 68.0 Å². The molecule has 0 aromatic carbocycles. The number of hydrogen-bond donors (Lipinski definition) is 1. The fourth-order valence-corrected chi connectivity index (χ4v) is 2.70. The van der Waals surface area contributed by atoms with Crippen molar-refractivity contribution in [3.63, 3.8) is 0 Å². The van der Waals surface area contributed by atoms with Crippen LogP contribution in [0.3, 0.4) is 0 Å². The highest BCUT2D eigenvalue weighted by atomic mass is 32.2. The van der Waals surface area contributed by atoms with Crippen molar-refractivity contribution in [1.29, 1.82) is 0 Å². The number of carboxylic acids is 1. The number of thioether (sulfide) groups is 1. The Bertz CT molecular complexity index is 378. The quantitative estimate of drug-likeness (QED) is 0.799. The molecule has 1 unspecified atom stereocenters. The molecule has 0 spiro atoms. The highest BCUT2D eigenvalue weighted by Gasteiger charge is 2.36. The second-order valence-corrected chi connectivity index (χ2v) is 5.93. The van der Waals surface area contributed by atoms with E-state index < -0.39 is 10.7 Å². The molecule has 0 amide bonds. The van der Waals surface area contributed by atoms with Gasteiger partial charge >= 0.3 is 5.97 Å². The molecule has 90 valence electrons. The number of rotatable bonds is 5. The van der Waals surface area contributed by atoms with Crippen LogP contribution in [0.25, 0.3) is 0 Å². The molecule has 6 heteroatoms. The van der Waals surface area contributed by atoms with Gasteiger partial charge in [-0.3, -0.25) is 4.79 Å². The standard InChI is InChI=1S/C10H17N3O2S/c1-7(2)5-10(3,8(14)15)16-9-12-11-6-13(9)4/h6-7H,5H2,1-4H3,(H,14,15). The van der Waals surface area contributed by atoms with Crippen LogP contribution in [0.5, 0.6) is 0 Å². The summed E-state index contributed by atoms with van der Waals surface area (Å²) in [5.74, 6) is -0.490. The predicted octanol–water partition coefficient (Wildman–Crippen LogP) is 1.80. The first-order chi connectivity index (χ1) is 7.35. The first kappa shape index (κ1) is 13.0. The lowest BCUT2D eigenvalue weighted by Crippen LogP contribution is -2.33. The molecule has 0 aliphatic heterocycles. The predicted molar refractivity (Wildman–Crippen MR) is 62.4 cm³/mol. The zero-order valence-corrected chi connectivity index (χ0v) is 10.8. The summed E-state index contributed by atoms with van der Waals surface area (Å²) in [6.45, 7) is 5.76. The van der Waals surface area contributed by atoms with Crippen LogP contribution < -0.4 is 0 Å². The van der Waals surface area contributed by atoms with E-state index in [1.165, 1.54) is 11.8 Å². The number of aliphatic carboxylic acids is 1. The Balaban J connectivity index is 2.87. The lowest BCUT2D eigenvalue weighted by Gasteiger charge is -2.25. The Kier molecular flexibility index (Phi) is 3.96. The summed E-state index contributed by atoms with van der Waals surface area (Å²) >= 11 is 1.25. The van der Waals surface area contributed by atoms with E-state index in [0.717, 1.165) is 0 Å². The fraction of sp³-hybridized carbons (Fsp3) is 0.700. The van der Waals surface area contributed by atoms with E-state index in [0.29, 0.717) is 17.5 Å². The maximum absolute atomic E-state index is 11.3. The second kappa shape index (κ2) is 4.86. The van der Waals surface area contributed by atoms with E-state index in [2.05, 4.69) is 10.2 Å². The van der Waals surface area contributed by atoms with Crippen molar-refractivity contribution in [3.8, 4) is 0 Å². The number of carboxylic acid groups (broad SMARTS) is 1. The van der Waals surface area contributed by atoms with Gasteiger partial charge in [-0.05, 0) is 19.3 Å². The molecule has 1 N–H and O–H groups in total. The van der Waals surface area contributed by atoms with Gasteiger partial charge in [0.2, 0.25) is 0 Å². The van der Waals surface area contributed by atoms with E-state index in [1.54, 1.807) is 24.9 Å². The number of hydrogen-bond acceptors (Lipinski definition) is 4. The van der Waals surface area contributed by atoms with Crippen molar-refractivity contribution in [3.05, 3.63) is 6.33 Å². The van der Waals surface area contributed by atoms with Gasteiger partial charge in [0, 0.05) is 7.05 Å². The SMILES string of the molecule is CC(C)CC(C)(Sc1nncn1C)C(=O)O. The Labute approximate surface area is 99.3 Å². The maximum Gasteiger partial charge on any atom is 0.319 e. The van der Waals surface area contributed by atoms with Crippen molar-refractivity contribution in [1.82, 2.24) is 14.8 Å². The summed E-state index contributed by atoms with van der Waals surface area (Å²) in [6, 6.07) is 0. The van der Waals surface area contributed by atoms with E-state index in [4.69, 9.17) is 0 Å². The Morgan fingerprint density at radius 1 is 1.69 bits per heavy atom. The third-order valence-electron chi connectivity index (χ3n) is 2.24. The summed E-state index contributed by atoms with van der Waals surface area (Å²) in [5, 5.41) is 17.6. The van der Waals surface area contributed by atoms with Gasteiger partial charge in [0.25, 0.3) is 0 Å². The molecule has 0 saturated heterocycles. The molecule has 0 aliphatic carbocycles. The summed E-state index contributed by atoms with van der Waals surface area (Å²) in [7, 11) is 1.81. The molecule has 1 rings (SSSR count). The lowest BCUT2D eigenvalue weighted by molar-refractivity contribution is -0.139. The van der Waals surface area contributed by atoms with Gasteiger partial charge in [-0.15, -0.1) is 10.2 Å². The average Bonchev–Trinajstić information content (AvgIpc) is 2.50. The Morgan fingerprint density at radius 2 is 2.31 bits per heavy atom. The third kappa shape index (κ3) is 2.98. The largest absolute Gasteiger partial charge is 0.480 e. The highest BCUT2D eigenvalue weighted by Crippen LogP contribution is 2.36. The lowest BCUT2D eigenvalue weighted by atomic mass is 9.98. The first-order valence-corrected chi connectivity index (χ1v) is 5.93. The number of nitrogens with zero attached hydrogens (tertiary/aromatic N) is 3. The summed E-state index contributed by atoms with van der Waals surface area (Å²) in [6.07, 6.45) is 2.17. The number of aromatic nitrogens is 3. The van der Waals surface area contributed by atoms with Crippen molar-refractivity contribution >= 4 is 17.7 Å². The van der Waals surface area contributed by atoms with Crippen LogP contribution in [0.2, 0.25) is 0 Å². The molecule has 5 nitrogen and oxygen atoms in total. The van der Waals surface area contributed by atoms with Crippen LogP contribution in [0.15, 0.2) is 11.5 Å². The molecule has 0 aliphatic rings. The molecule has 1 heterocycles. The smallest absolute Gasteiger partial charge is 0.319 e. The molecular formula is C10H17N3O2S. The van der Waals surface area contributed by atoms with Gasteiger partial charge in [-0.1, -0.05) is 25.6 Å². The minimum atomic E-state index is -0.852. The molecule has 1 aromatic heterocycles. The van der Waals surface area contributed by atoms with Crippen LogP contribution >= 0.6 is 11.8 Å². The molecule has 0 radical (unpaired) electrons. The third-order valence-corrected chi connectivity index (χ3v) is 3.58. The van der Waals surface area contributed by atoms with E-state index in [9.17, 15) is 9.90 Å². The van der Waals surface area contributed by atoms with Crippen LogP contribution in [-0.4, -0.2) is 30.6 Å². The van der Waals surface area contributed by atoms with Gasteiger partial charge < -0.3 is 9.67 Å². The first-order valence-electron chi connectivity index (χ1n) is 5.11. The van der Waals surface area contributed by atoms with E-state index >= 15 is 0 Å². The summed E-state index contributed by atoms with van der Waals surface area (Å²) in [5.41, 5.74) is 0. The monoisotopic (exact) mass is 243 g/mol. The fourth-order valence-electron chi connectivity index (χ4n) is 1.52.